The predicted octanol–water partition coefficient (Wildman–Crippen LogP) is 0.579. The summed E-state index contributed by atoms with van der Waals surface area (Å²) in [5.74, 6) is 1.38. The Hall–Kier alpha value is -1.01. The molecule has 2 N–H and O–H groups in total. The van der Waals surface area contributed by atoms with Gasteiger partial charge < -0.3 is 10.2 Å². The summed E-state index contributed by atoms with van der Waals surface area (Å²) < 4.78 is 0. The molecule has 0 amide bonds. The molecule has 1 aromatic rings. The third kappa shape index (κ3) is 2.81. The number of hydrogen-bond acceptors (Lipinski definition) is 5. The van der Waals surface area contributed by atoms with Crippen LogP contribution in [0.4, 0.5) is 0 Å². The van der Waals surface area contributed by atoms with Gasteiger partial charge in [-0.1, -0.05) is 12.1 Å². The maximum atomic E-state index is 4.02. The second kappa shape index (κ2) is 5.10. The monoisotopic (exact) mass is 238 g/mol. The van der Waals surface area contributed by atoms with Gasteiger partial charge in [-0.05, 0) is 33.2 Å². The van der Waals surface area contributed by atoms with Crippen LogP contribution >= 0.6 is 0 Å². The van der Waals surface area contributed by atoms with Gasteiger partial charge in [0.25, 0.3) is 0 Å². The maximum absolute atomic E-state index is 4.02. The maximum Gasteiger partial charge on any atom is 0.191 e. The van der Waals surface area contributed by atoms with Gasteiger partial charge in [0.05, 0.1) is 6.04 Å². The van der Waals surface area contributed by atoms with Gasteiger partial charge in [0, 0.05) is 18.6 Å². The molecule has 0 aromatic carbocycles. The number of hydrogen-bond donors (Lipinski definition) is 2. The highest BCUT2D eigenvalue weighted by atomic mass is 15.5. The number of tetrazole rings is 1. The minimum atomic E-state index is 0.150. The summed E-state index contributed by atoms with van der Waals surface area (Å²) in [4.78, 5) is 2.42. The molecule has 1 fully saturated rings. The van der Waals surface area contributed by atoms with Crippen LogP contribution in [-0.4, -0.2) is 51.2 Å². The van der Waals surface area contributed by atoms with Gasteiger partial charge in [-0.2, -0.15) is 5.21 Å². The number of rotatable bonds is 3. The molecule has 2 rings (SSSR count). The van der Waals surface area contributed by atoms with Gasteiger partial charge in [-0.3, -0.25) is 0 Å². The van der Waals surface area contributed by atoms with Crippen molar-refractivity contribution in [2.24, 2.45) is 5.92 Å². The number of piperidine rings is 1. The van der Waals surface area contributed by atoms with Crippen molar-refractivity contribution in [3.63, 3.8) is 0 Å². The van der Waals surface area contributed by atoms with Gasteiger partial charge in [0.15, 0.2) is 5.82 Å². The quantitative estimate of drug-likeness (QED) is 0.806. The Kier molecular flexibility index (Phi) is 3.73. The van der Waals surface area contributed by atoms with Gasteiger partial charge in [0.1, 0.15) is 0 Å². The van der Waals surface area contributed by atoms with Gasteiger partial charge in [-0.15, -0.1) is 10.2 Å². The first-order chi connectivity index (χ1) is 8.08. The van der Waals surface area contributed by atoms with Crippen molar-refractivity contribution in [3.05, 3.63) is 5.82 Å². The van der Waals surface area contributed by atoms with E-state index < -0.39 is 0 Å². The highest BCUT2D eigenvalue weighted by Gasteiger charge is 2.30. The van der Waals surface area contributed by atoms with Gasteiger partial charge in [-0.25, -0.2) is 0 Å². The molecule has 96 valence electrons. The van der Waals surface area contributed by atoms with Crippen LogP contribution in [-0.2, 0) is 0 Å². The Morgan fingerprint density at radius 1 is 1.47 bits per heavy atom. The first-order valence-electron chi connectivity index (χ1n) is 6.27. The lowest BCUT2D eigenvalue weighted by atomic mass is 9.89. The fourth-order valence-corrected chi connectivity index (χ4v) is 2.52. The van der Waals surface area contributed by atoms with E-state index in [1.165, 1.54) is 6.42 Å². The van der Waals surface area contributed by atoms with Crippen LogP contribution in [0.5, 0.6) is 0 Å². The van der Waals surface area contributed by atoms with Crippen molar-refractivity contribution in [3.8, 4) is 0 Å². The van der Waals surface area contributed by atoms with Gasteiger partial charge >= 0.3 is 0 Å². The summed E-state index contributed by atoms with van der Waals surface area (Å²) in [7, 11) is 2.19. The summed E-state index contributed by atoms with van der Waals surface area (Å²) >= 11 is 0. The normalized spacial score (nSPS) is 32.6. The van der Waals surface area contributed by atoms with E-state index in [0.717, 1.165) is 12.4 Å². The van der Waals surface area contributed by atoms with Crippen molar-refractivity contribution in [1.29, 1.82) is 0 Å². The van der Waals surface area contributed by atoms with Crippen LogP contribution < -0.4 is 5.32 Å². The Balaban J connectivity index is 1.94. The summed E-state index contributed by atoms with van der Waals surface area (Å²) in [6.07, 6.45) is 1.17. The van der Waals surface area contributed by atoms with E-state index in [-0.39, 0.29) is 6.04 Å². The van der Waals surface area contributed by atoms with Crippen molar-refractivity contribution < 1.29 is 0 Å². The SMILES string of the molecule is CC(NC1CC(C)N(C)CC1C)c1nn[nH]n1. The van der Waals surface area contributed by atoms with E-state index in [9.17, 15) is 0 Å². The fraction of sp³-hybridized carbons (Fsp3) is 0.909. The van der Waals surface area contributed by atoms with Crippen molar-refractivity contribution >= 4 is 0 Å². The lowest BCUT2D eigenvalue weighted by molar-refractivity contribution is 0.116. The molecule has 4 unspecified atom stereocenters. The van der Waals surface area contributed by atoms with Crippen LogP contribution in [0.1, 0.15) is 39.1 Å². The number of nitrogens with zero attached hydrogens (tertiary/aromatic N) is 4. The van der Waals surface area contributed by atoms with E-state index in [1.807, 2.05) is 0 Å². The Morgan fingerprint density at radius 2 is 2.24 bits per heavy atom. The molecule has 0 spiro atoms. The highest BCUT2D eigenvalue weighted by Crippen LogP contribution is 2.22. The van der Waals surface area contributed by atoms with E-state index in [1.54, 1.807) is 0 Å². The lowest BCUT2D eigenvalue weighted by Gasteiger charge is -2.40. The average molecular weight is 238 g/mol. The zero-order valence-corrected chi connectivity index (χ0v) is 11.0. The summed E-state index contributed by atoms with van der Waals surface area (Å²) in [5.41, 5.74) is 0. The smallest absolute Gasteiger partial charge is 0.191 e. The van der Waals surface area contributed by atoms with Crippen LogP contribution in [0.25, 0.3) is 0 Å². The summed E-state index contributed by atoms with van der Waals surface area (Å²) in [6.45, 7) is 7.79. The minimum Gasteiger partial charge on any atom is -0.304 e. The molecule has 1 aliphatic rings. The third-order valence-corrected chi connectivity index (χ3v) is 3.82. The topological polar surface area (TPSA) is 69.7 Å². The van der Waals surface area contributed by atoms with Crippen molar-refractivity contribution in [2.75, 3.05) is 13.6 Å². The zero-order chi connectivity index (χ0) is 12.4. The van der Waals surface area contributed by atoms with E-state index in [2.05, 4.69) is 58.7 Å². The Bertz CT molecular complexity index is 338. The first-order valence-corrected chi connectivity index (χ1v) is 6.27. The molecule has 1 aliphatic heterocycles. The lowest BCUT2D eigenvalue weighted by Crippen LogP contribution is -2.51. The van der Waals surface area contributed by atoms with E-state index in [0.29, 0.717) is 18.0 Å². The zero-order valence-electron chi connectivity index (χ0n) is 11.0. The van der Waals surface area contributed by atoms with Gasteiger partial charge in [0.2, 0.25) is 0 Å². The molecule has 6 nitrogen and oxygen atoms in total. The van der Waals surface area contributed by atoms with Crippen LogP contribution in [0, 0.1) is 5.92 Å². The highest BCUT2D eigenvalue weighted by molar-refractivity contribution is 4.92. The molecule has 6 heteroatoms. The van der Waals surface area contributed by atoms with Crippen molar-refractivity contribution in [2.45, 2.75) is 45.3 Å². The largest absolute Gasteiger partial charge is 0.304 e. The molecular formula is C11H22N6. The number of H-pyrrole nitrogens is 1. The van der Waals surface area contributed by atoms with Crippen LogP contribution in [0.15, 0.2) is 0 Å². The Labute approximate surface area is 102 Å². The molecule has 0 radical (unpaired) electrons. The average Bonchev–Trinajstić information content (AvgIpc) is 2.79. The Morgan fingerprint density at radius 3 is 2.88 bits per heavy atom. The van der Waals surface area contributed by atoms with Crippen molar-refractivity contribution in [1.82, 2.24) is 30.8 Å². The molecule has 1 aromatic heterocycles. The second-order valence-electron chi connectivity index (χ2n) is 5.27. The minimum absolute atomic E-state index is 0.150. The van der Waals surface area contributed by atoms with E-state index >= 15 is 0 Å². The molecule has 4 atom stereocenters. The molecule has 2 heterocycles. The second-order valence-corrected chi connectivity index (χ2v) is 5.27. The standard InChI is InChI=1S/C11H22N6/c1-7-6-17(4)8(2)5-10(7)12-9(3)11-13-15-16-14-11/h7-10,12H,5-6H2,1-4H3,(H,13,14,15,16). The number of aromatic nitrogens is 4. The summed E-state index contributed by atoms with van der Waals surface area (Å²) in [5, 5.41) is 17.7. The van der Waals surface area contributed by atoms with E-state index in [4.69, 9.17) is 0 Å². The molecule has 1 saturated heterocycles. The molecule has 0 aliphatic carbocycles. The molecule has 0 saturated carbocycles. The molecular weight excluding hydrogens is 216 g/mol. The fourth-order valence-electron chi connectivity index (χ4n) is 2.52. The number of likely N-dealkylation sites (tertiary alicyclic amines) is 1. The van der Waals surface area contributed by atoms with Crippen LogP contribution in [0.3, 0.4) is 0 Å². The van der Waals surface area contributed by atoms with Crippen LogP contribution in [0.2, 0.25) is 0 Å². The molecule has 0 bridgehead atoms. The third-order valence-electron chi connectivity index (χ3n) is 3.82. The number of nitrogens with one attached hydrogen (secondary N) is 2. The number of aromatic amines is 1. The first kappa shape index (κ1) is 12.4. The predicted molar refractivity (Wildman–Crippen MR) is 65.4 cm³/mol. The molecule has 17 heavy (non-hydrogen) atoms. The summed E-state index contributed by atoms with van der Waals surface area (Å²) in [6, 6.07) is 1.30.